The van der Waals surface area contributed by atoms with Gasteiger partial charge in [0.1, 0.15) is 0 Å². The molecule has 0 aromatic carbocycles. The Balaban J connectivity index is 2.25. The van der Waals surface area contributed by atoms with Crippen LogP contribution in [-0.4, -0.2) is 5.11 Å². The van der Waals surface area contributed by atoms with E-state index in [2.05, 4.69) is 33.8 Å². The van der Waals surface area contributed by atoms with Gasteiger partial charge in [-0.15, -0.1) is 11.3 Å². The summed E-state index contributed by atoms with van der Waals surface area (Å²) in [4.78, 5) is 2.50. The molecule has 0 radical (unpaired) electrons. The Morgan fingerprint density at radius 2 is 2.12 bits per heavy atom. The van der Waals surface area contributed by atoms with Crippen LogP contribution in [0.2, 0.25) is 0 Å². The number of rotatable bonds is 2. The maximum absolute atomic E-state index is 10.6. The van der Waals surface area contributed by atoms with Crippen LogP contribution in [0, 0.1) is 25.2 Å². The molecule has 2 unspecified atom stereocenters. The molecule has 2 heteroatoms. The zero-order chi connectivity index (χ0) is 11.9. The maximum Gasteiger partial charge on any atom is 0.0917 e. The van der Waals surface area contributed by atoms with Crippen LogP contribution in [0.1, 0.15) is 54.5 Å². The molecule has 0 saturated heterocycles. The van der Waals surface area contributed by atoms with E-state index in [0.29, 0.717) is 11.3 Å². The van der Waals surface area contributed by atoms with Crippen LogP contribution in [0.3, 0.4) is 0 Å². The summed E-state index contributed by atoms with van der Waals surface area (Å²) in [5.41, 5.74) is 1.56. The molecule has 2 rings (SSSR count). The molecule has 1 saturated carbocycles. The van der Waals surface area contributed by atoms with Gasteiger partial charge in [0, 0.05) is 9.75 Å². The van der Waals surface area contributed by atoms with E-state index < -0.39 is 0 Å². The molecule has 0 spiro atoms. The summed E-state index contributed by atoms with van der Waals surface area (Å²) in [6.45, 7) is 8.82. The van der Waals surface area contributed by atoms with Crippen LogP contribution < -0.4 is 0 Å². The first-order valence-electron chi connectivity index (χ1n) is 6.17. The van der Waals surface area contributed by atoms with Crippen molar-refractivity contribution in [1.29, 1.82) is 0 Å². The van der Waals surface area contributed by atoms with Gasteiger partial charge in [-0.05, 0) is 49.7 Å². The number of hydrogen-bond acceptors (Lipinski definition) is 2. The van der Waals surface area contributed by atoms with E-state index in [1.54, 1.807) is 11.3 Å². The summed E-state index contributed by atoms with van der Waals surface area (Å²) in [6, 6.07) is 2.19. The van der Waals surface area contributed by atoms with E-state index in [0.717, 1.165) is 0 Å². The molecule has 16 heavy (non-hydrogen) atoms. The predicted octanol–water partition coefficient (Wildman–Crippen LogP) is 4.22. The Morgan fingerprint density at radius 1 is 1.44 bits per heavy atom. The zero-order valence-electron chi connectivity index (χ0n) is 10.7. The largest absolute Gasteiger partial charge is 0.387 e. The van der Waals surface area contributed by atoms with Crippen molar-refractivity contribution in [3.05, 3.63) is 21.4 Å². The molecule has 1 aromatic rings. The lowest BCUT2D eigenvalue weighted by atomic mass is 9.78. The fourth-order valence-electron chi connectivity index (χ4n) is 3.07. The van der Waals surface area contributed by atoms with E-state index in [4.69, 9.17) is 0 Å². The molecule has 90 valence electrons. The van der Waals surface area contributed by atoms with Gasteiger partial charge < -0.3 is 5.11 Å². The standard InChI is InChI=1S/C14H22OS/c1-9-8-10(2)16-13(9)12(15)11-6-5-7-14(11,3)4/h8,11-12,15H,5-7H2,1-4H3. The van der Waals surface area contributed by atoms with Crippen molar-refractivity contribution in [3.8, 4) is 0 Å². The SMILES string of the molecule is Cc1cc(C)c(C(O)C2CCCC2(C)C)s1. The molecule has 1 aliphatic rings. The summed E-state index contributed by atoms with van der Waals surface area (Å²) >= 11 is 1.76. The monoisotopic (exact) mass is 238 g/mol. The minimum atomic E-state index is -0.254. The summed E-state index contributed by atoms with van der Waals surface area (Å²) < 4.78 is 0. The first-order chi connectivity index (χ1) is 7.42. The Kier molecular flexibility index (Phi) is 3.15. The third-order valence-electron chi connectivity index (χ3n) is 4.07. The van der Waals surface area contributed by atoms with Crippen LogP contribution >= 0.6 is 11.3 Å². The van der Waals surface area contributed by atoms with Crippen molar-refractivity contribution in [2.24, 2.45) is 11.3 Å². The average molecular weight is 238 g/mol. The van der Waals surface area contributed by atoms with Crippen LogP contribution in [0.25, 0.3) is 0 Å². The van der Waals surface area contributed by atoms with Crippen molar-refractivity contribution in [1.82, 2.24) is 0 Å². The molecule has 1 nitrogen and oxygen atoms in total. The molecule has 1 N–H and O–H groups in total. The Morgan fingerprint density at radius 3 is 2.56 bits per heavy atom. The van der Waals surface area contributed by atoms with Gasteiger partial charge in [0.25, 0.3) is 0 Å². The molecule has 0 amide bonds. The van der Waals surface area contributed by atoms with Gasteiger partial charge in [-0.25, -0.2) is 0 Å². The molecule has 1 fully saturated rings. The smallest absolute Gasteiger partial charge is 0.0917 e. The molecule has 0 bridgehead atoms. The highest BCUT2D eigenvalue weighted by Gasteiger charge is 2.40. The number of aliphatic hydroxyl groups is 1. The summed E-state index contributed by atoms with van der Waals surface area (Å²) in [5.74, 6) is 0.434. The second-order valence-corrected chi connectivity index (χ2v) is 7.12. The van der Waals surface area contributed by atoms with Gasteiger partial charge in [0.15, 0.2) is 0 Å². The van der Waals surface area contributed by atoms with E-state index in [1.807, 2.05) is 0 Å². The Bertz CT molecular complexity index is 378. The minimum Gasteiger partial charge on any atom is -0.387 e. The molecule has 1 aliphatic carbocycles. The predicted molar refractivity (Wildman–Crippen MR) is 69.9 cm³/mol. The van der Waals surface area contributed by atoms with Gasteiger partial charge in [-0.2, -0.15) is 0 Å². The summed E-state index contributed by atoms with van der Waals surface area (Å²) in [5, 5.41) is 10.6. The second-order valence-electron chi connectivity index (χ2n) is 5.84. The van der Waals surface area contributed by atoms with E-state index in [1.165, 1.54) is 34.6 Å². The lowest BCUT2D eigenvalue weighted by Gasteiger charge is -2.31. The second kappa shape index (κ2) is 4.15. The third-order valence-corrected chi connectivity index (χ3v) is 5.29. The van der Waals surface area contributed by atoms with Crippen molar-refractivity contribution in [3.63, 3.8) is 0 Å². The quantitative estimate of drug-likeness (QED) is 0.817. The number of aryl methyl sites for hydroxylation is 2. The third kappa shape index (κ3) is 2.05. The fraction of sp³-hybridized carbons (Fsp3) is 0.714. The lowest BCUT2D eigenvalue weighted by molar-refractivity contribution is 0.0554. The highest BCUT2D eigenvalue weighted by molar-refractivity contribution is 7.12. The van der Waals surface area contributed by atoms with Crippen molar-refractivity contribution in [2.75, 3.05) is 0 Å². The number of hydrogen-bond donors (Lipinski definition) is 1. The highest BCUT2D eigenvalue weighted by Crippen LogP contribution is 2.50. The van der Waals surface area contributed by atoms with Gasteiger partial charge in [-0.3, -0.25) is 0 Å². The highest BCUT2D eigenvalue weighted by atomic mass is 32.1. The average Bonchev–Trinajstić information content (AvgIpc) is 2.68. The topological polar surface area (TPSA) is 20.2 Å². The molecule has 1 aromatic heterocycles. The number of aliphatic hydroxyl groups excluding tert-OH is 1. The summed E-state index contributed by atoms with van der Waals surface area (Å²) in [6.07, 6.45) is 3.43. The maximum atomic E-state index is 10.6. The first kappa shape index (κ1) is 12.1. The van der Waals surface area contributed by atoms with Gasteiger partial charge in [0.2, 0.25) is 0 Å². The number of thiophene rings is 1. The molecule has 2 atom stereocenters. The van der Waals surface area contributed by atoms with Crippen LogP contribution in [0.15, 0.2) is 6.07 Å². The van der Waals surface area contributed by atoms with Crippen molar-refractivity contribution >= 4 is 11.3 Å². The molecular formula is C14H22OS. The lowest BCUT2D eigenvalue weighted by Crippen LogP contribution is -2.23. The van der Waals surface area contributed by atoms with Crippen molar-refractivity contribution < 1.29 is 5.11 Å². The Labute approximate surface area is 103 Å². The van der Waals surface area contributed by atoms with Gasteiger partial charge >= 0.3 is 0 Å². The van der Waals surface area contributed by atoms with Crippen molar-refractivity contribution in [2.45, 2.75) is 53.1 Å². The molecular weight excluding hydrogens is 216 g/mol. The minimum absolute atomic E-state index is 0.254. The summed E-state index contributed by atoms with van der Waals surface area (Å²) in [7, 11) is 0. The normalized spacial score (nSPS) is 25.9. The first-order valence-corrected chi connectivity index (χ1v) is 6.98. The van der Waals surface area contributed by atoms with Crippen LogP contribution in [0.5, 0.6) is 0 Å². The van der Waals surface area contributed by atoms with Crippen LogP contribution in [0.4, 0.5) is 0 Å². The van der Waals surface area contributed by atoms with Gasteiger partial charge in [-0.1, -0.05) is 20.3 Å². The molecule has 1 heterocycles. The zero-order valence-corrected chi connectivity index (χ0v) is 11.5. The van der Waals surface area contributed by atoms with E-state index in [9.17, 15) is 5.11 Å². The Hall–Kier alpha value is -0.340. The van der Waals surface area contributed by atoms with Crippen LogP contribution in [-0.2, 0) is 0 Å². The van der Waals surface area contributed by atoms with Gasteiger partial charge in [0.05, 0.1) is 6.10 Å². The molecule has 0 aliphatic heterocycles. The van der Waals surface area contributed by atoms with E-state index in [-0.39, 0.29) is 6.10 Å². The fourth-order valence-corrected chi connectivity index (χ4v) is 4.16. The van der Waals surface area contributed by atoms with E-state index >= 15 is 0 Å².